The van der Waals surface area contributed by atoms with Gasteiger partial charge in [-0.15, -0.1) is 0 Å². The minimum absolute atomic E-state index is 0.321. The van der Waals surface area contributed by atoms with Gasteiger partial charge >= 0.3 is 9.05 Å². The molecule has 9 heteroatoms. The Morgan fingerprint density at radius 1 is 0.833 bits per heavy atom. The molecule has 18 heavy (non-hydrogen) atoms. The van der Waals surface area contributed by atoms with E-state index in [1.54, 1.807) is 20.8 Å². The maximum absolute atomic E-state index is 5.44. The maximum Gasteiger partial charge on any atom is 0.764 e. The van der Waals surface area contributed by atoms with Crippen LogP contribution in [-0.4, -0.2) is 40.8 Å². The van der Waals surface area contributed by atoms with Crippen molar-refractivity contribution in [2.45, 2.75) is 27.2 Å². The van der Waals surface area contributed by atoms with Gasteiger partial charge < -0.3 is 4.43 Å². The molecule has 0 aromatic heterocycles. The lowest BCUT2D eigenvalue weighted by atomic mass is 10.5. The van der Waals surface area contributed by atoms with E-state index in [0.717, 1.165) is 11.8 Å². The van der Waals surface area contributed by atoms with Crippen molar-refractivity contribution in [1.29, 1.82) is 0 Å². The van der Waals surface area contributed by atoms with E-state index < -0.39 is 9.05 Å². The van der Waals surface area contributed by atoms with Crippen LogP contribution < -0.4 is 0 Å². The summed E-state index contributed by atoms with van der Waals surface area (Å²) < 4.78 is 20.6. The summed E-state index contributed by atoms with van der Waals surface area (Å²) in [5, 5.41) is 0.787. The predicted molar refractivity (Wildman–Crippen MR) is 68.3 cm³/mol. The molecule has 0 spiro atoms. The molecule has 0 aliphatic rings. The molecule has 0 aromatic rings. The fourth-order valence-electron chi connectivity index (χ4n) is 0.759. The van der Waals surface area contributed by atoms with E-state index in [1.165, 1.54) is 0 Å². The average Bonchev–Trinajstić information content (AvgIpc) is 2.40. The average molecular weight is 349 g/mol. The molecule has 0 fully saturated rings. The number of halogens is 1. The van der Waals surface area contributed by atoms with Crippen molar-refractivity contribution in [2.24, 2.45) is 0 Å². The van der Waals surface area contributed by atoms with Crippen LogP contribution in [0, 0.1) is 0 Å². The van der Waals surface area contributed by atoms with Crippen LogP contribution >= 0.6 is 15.9 Å². The number of hydrogen-bond acceptors (Lipinski definition) is 7. The van der Waals surface area contributed by atoms with Crippen LogP contribution in [0.15, 0.2) is 0 Å². The summed E-state index contributed by atoms with van der Waals surface area (Å²) in [4.78, 5) is 14.5. The molecule has 0 heterocycles. The van der Waals surface area contributed by atoms with Crippen LogP contribution in [0.4, 0.5) is 0 Å². The Morgan fingerprint density at radius 3 is 1.61 bits per heavy atom. The van der Waals surface area contributed by atoms with Gasteiger partial charge in [0.25, 0.3) is 0 Å². The molecule has 0 unspecified atom stereocenters. The van der Waals surface area contributed by atoms with Crippen molar-refractivity contribution in [1.82, 2.24) is 0 Å². The van der Waals surface area contributed by atoms with Gasteiger partial charge in [0.1, 0.15) is 0 Å². The summed E-state index contributed by atoms with van der Waals surface area (Å²) in [6.45, 7) is 6.62. The predicted octanol–water partition coefficient (Wildman–Crippen LogP) is 2.13. The van der Waals surface area contributed by atoms with E-state index in [0.29, 0.717) is 26.4 Å². The Kier molecular flexibility index (Phi) is 12.7. The summed E-state index contributed by atoms with van der Waals surface area (Å²) in [5.41, 5.74) is 0. The maximum atomic E-state index is 5.44. The zero-order chi connectivity index (χ0) is 13.7. The summed E-state index contributed by atoms with van der Waals surface area (Å²) >= 11 is 3.29. The Labute approximate surface area is 117 Å². The van der Waals surface area contributed by atoms with Crippen LogP contribution in [-0.2, 0) is 32.8 Å². The third kappa shape index (κ3) is 8.51. The zero-order valence-electron chi connectivity index (χ0n) is 11.0. The first-order valence-corrected chi connectivity index (χ1v) is 8.61. The highest BCUT2D eigenvalue weighted by molar-refractivity contribution is 9.09. The van der Waals surface area contributed by atoms with Gasteiger partial charge in [0.15, 0.2) is 0 Å². The molecule has 0 aromatic carbocycles. The van der Waals surface area contributed by atoms with Crippen molar-refractivity contribution in [3.63, 3.8) is 0 Å². The molecule has 0 bridgehead atoms. The first-order chi connectivity index (χ1) is 8.74. The van der Waals surface area contributed by atoms with Crippen molar-refractivity contribution >= 4 is 25.0 Å². The summed E-state index contributed by atoms with van der Waals surface area (Å²) in [7, 11) is -3.58. The monoisotopic (exact) mass is 348 g/mol. The molecule has 0 aliphatic carbocycles. The SMILES string of the molecule is CCOO[Si](OCCCBr)(OOCC)OOCC. The summed E-state index contributed by atoms with van der Waals surface area (Å²) in [5.74, 6) is 0. The van der Waals surface area contributed by atoms with E-state index in [-0.39, 0.29) is 0 Å². The van der Waals surface area contributed by atoms with Crippen LogP contribution in [0.5, 0.6) is 0 Å². The summed E-state index contributed by atoms with van der Waals surface area (Å²) in [6.07, 6.45) is 0.759. The third-order valence-electron chi connectivity index (χ3n) is 1.39. The van der Waals surface area contributed by atoms with Gasteiger partial charge in [-0.3, -0.25) is 0 Å². The minimum atomic E-state index is -3.58. The first-order valence-electron chi connectivity index (χ1n) is 5.86. The van der Waals surface area contributed by atoms with E-state index in [2.05, 4.69) is 15.9 Å². The Bertz CT molecular complexity index is 165. The number of alkyl halides is 1. The van der Waals surface area contributed by atoms with Crippen LogP contribution in [0.25, 0.3) is 0 Å². The highest BCUT2D eigenvalue weighted by Crippen LogP contribution is 2.14. The molecule has 0 aliphatic heterocycles. The normalized spacial score (nSPS) is 12.0. The quantitative estimate of drug-likeness (QED) is 0.166. The van der Waals surface area contributed by atoms with E-state index in [1.807, 2.05) is 0 Å². The van der Waals surface area contributed by atoms with E-state index in [9.17, 15) is 0 Å². The third-order valence-corrected chi connectivity index (χ3v) is 3.48. The number of hydrogen-bond donors (Lipinski definition) is 0. The van der Waals surface area contributed by atoms with Gasteiger partial charge in [-0.1, -0.05) is 15.9 Å². The van der Waals surface area contributed by atoms with Gasteiger partial charge in [0, 0.05) is 11.9 Å². The van der Waals surface area contributed by atoms with Gasteiger partial charge in [-0.2, -0.15) is 13.7 Å². The molecule has 110 valence electrons. The molecule has 0 rings (SSSR count). The van der Waals surface area contributed by atoms with Gasteiger partial charge in [-0.05, 0) is 27.2 Å². The highest BCUT2D eigenvalue weighted by Gasteiger charge is 2.52. The topological polar surface area (TPSA) is 64.6 Å². The fraction of sp³-hybridized carbons (Fsp3) is 1.00. The molecule has 0 atom stereocenters. The zero-order valence-corrected chi connectivity index (χ0v) is 13.6. The fourth-order valence-corrected chi connectivity index (χ4v) is 2.40. The van der Waals surface area contributed by atoms with Crippen molar-refractivity contribution in [3.05, 3.63) is 0 Å². The second-order valence-corrected chi connectivity index (χ2v) is 5.44. The van der Waals surface area contributed by atoms with Crippen LogP contribution in [0.1, 0.15) is 27.2 Å². The Balaban J connectivity index is 4.41. The largest absolute Gasteiger partial charge is 0.764 e. The molecule has 7 nitrogen and oxygen atoms in total. The highest BCUT2D eigenvalue weighted by atomic mass is 79.9. The van der Waals surface area contributed by atoms with Crippen molar-refractivity contribution < 1.29 is 32.8 Å². The van der Waals surface area contributed by atoms with Crippen molar-refractivity contribution in [2.75, 3.05) is 31.8 Å². The van der Waals surface area contributed by atoms with Gasteiger partial charge in [0.05, 0.1) is 19.8 Å². The molecule has 0 radical (unpaired) electrons. The lowest BCUT2D eigenvalue weighted by molar-refractivity contribution is -0.385. The van der Waals surface area contributed by atoms with E-state index >= 15 is 0 Å². The summed E-state index contributed by atoms with van der Waals surface area (Å²) in [6, 6.07) is 0. The standard InChI is InChI=1S/C9H21BrO7Si/c1-4-11-15-18(16-12-5-2,17-13-6-3)14-9-7-8-10/h4-9H2,1-3H3. The Hall–Kier alpha value is 0.417. The molecule has 0 N–H and O–H groups in total. The minimum Gasteiger partial charge on any atom is -0.347 e. The first kappa shape index (κ1) is 18.4. The lowest BCUT2D eigenvalue weighted by Gasteiger charge is -2.23. The van der Waals surface area contributed by atoms with Crippen LogP contribution in [0.2, 0.25) is 0 Å². The van der Waals surface area contributed by atoms with Crippen LogP contribution in [0.3, 0.4) is 0 Å². The van der Waals surface area contributed by atoms with Gasteiger partial charge in [0.2, 0.25) is 0 Å². The van der Waals surface area contributed by atoms with Crippen molar-refractivity contribution in [3.8, 4) is 0 Å². The molecule has 0 saturated carbocycles. The molecule has 0 amide bonds. The molecule has 0 saturated heterocycles. The lowest BCUT2D eigenvalue weighted by Crippen LogP contribution is -2.49. The second-order valence-electron chi connectivity index (χ2n) is 2.86. The Morgan fingerprint density at radius 2 is 1.28 bits per heavy atom. The van der Waals surface area contributed by atoms with E-state index in [4.69, 9.17) is 32.8 Å². The smallest absolute Gasteiger partial charge is 0.347 e. The molecular weight excluding hydrogens is 328 g/mol. The second kappa shape index (κ2) is 12.5. The molecular formula is C9H21BrO7Si. The number of rotatable bonds is 13. The van der Waals surface area contributed by atoms with Gasteiger partial charge in [-0.25, -0.2) is 14.7 Å².